The average molecular weight is 439 g/mol. The number of hydrogen-bond acceptors (Lipinski definition) is 4. The molecule has 0 spiro atoms. The Bertz CT molecular complexity index is 1370. The molecule has 0 fully saturated rings. The van der Waals surface area contributed by atoms with Crippen molar-refractivity contribution in [2.75, 3.05) is 17.2 Å². The van der Waals surface area contributed by atoms with Crippen molar-refractivity contribution in [3.8, 4) is 5.75 Å². The predicted molar refractivity (Wildman–Crippen MR) is 132 cm³/mol. The highest BCUT2D eigenvalue weighted by Gasteiger charge is 2.34. The van der Waals surface area contributed by atoms with Gasteiger partial charge in [0.2, 0.25) is 5.95 Å². The van der Waals surface area contributed by atoms with Crippen LogP contribution in [0, 0.1) is 6.92 Å². The zero-order valence-electron chi connectivity index (χ0n) is 18.9. The molecule has 1 aliphatic heterocycles. The molecular formula is C27H26N4O2. The summed E-state index contributed by atoms with van der Waals surface area (Å²) in [4.78, 5) is 18.4. The normalized spacial score (nSPS) is 15.2. The molecule has 0 saturated carbocycles. The van der Waals surface area contributed by atoms with E-state index in [1.807, 2.05) is 68.4 Å². The van der Waals surface area contributed by atoms with E-state index in [9.17, 15) is 4.79 Å². The van der Waals surface area contributed by atoms with E-state index in [0.29, 0.717) is 17.9 Å². The zero-order valence-corrected chi connectivity index (χ0v) is 18.9. The lowest BCUT2D eigenvalue weighted by Gasteiger charge is -2.31. The van der Waals surface area contributed by atoms with Crippen LogP contribution in [0.2, 0.25) is 0 Å². The molecule has 6 nitrogen and oxygen atoms in total. The molecule has 0 aliphatic carbocycles. The molecule has 5 rings (SSSR count). The summed E-state index contributed by atoms with van der Waals surface area (Å²) in [5.74, 6) is 1.36. The van der Waals surface area contributed by atoms with Crippen LogP contribution >= 0.6 is 0 Å². The quantitative estimate of drug-likeness (QED) is 0.421. The zero-order chi connectivity index (χ0) is 22.9. The number of carbonyl (C=O) groups excluding carboxylic acids is 1. The highest BCUT2D eigenvalue weighted by molar-refractivity contribution is 6.06. The Hall–Kier alpha value is -4.06. The van der Waals surface area contributed by atoms with Crippen molar-refractivity contribution in [3.63, 3.8) is 0 Å². The molecule has 0 bridgehead atoms. The van der Waals surface area contributed by atoms with Gasteiger partial charge < -0.3 is 15.4 Å². The molecular weight excluding hydrogens is 412 g/mol. The number of imidazole rings is 1. The molecule has 0 saturated heterocycles. The van der Waals surface area contributed by atoms with Crippen LogP contribution in [0.5, 0.6) is 5.75 Å². The second-order valence-electron chi connectivity index (χ2n) is 8.19. The first-order valence-electron chi connectivity index (χ1n) is 11.1. The maximum absolute atomic E-state index is 13.7. The third kappa shape index (κ3) is 3.84. The van der Waals surface area contributed by atoms with Gasteiger partial charge in [0.15, 0.2) is 0 Å². The second kappa shape index (κ2) is 8.47. The summed E-state index contributed by atoms with van der Waals surface area (Å²) in [5, 5.41) is 6.43. The van der Waals surface area contributed by atoms with E-state index in [2.05, 4.69) is 40.3 Å². The summed E-state index contributed by atoms with van der Waals surface area (Å²) in [7, 11) is 0. The molecule has 3 aromatic carbocycles. The molecule has 166 valence electrons. The number of ether oxygens (including phenoxy) is 1. The number of aryl methyl sites for hydroxylation is 1. The largest absolute Gasteiger partial charge is 0.494 e. The third-order valence-corrected chi connectivity index (χ3v) is 5.86. The summed E-state index contributed by atoms with van der Waals surface area (Å²) >= 11 is 0. The van der Waals surface area contributed by atoms with E-state index in [4.69, 9.17) is 9.72 Å². The van der Waals surface area contributed by atoms with Gasteiger partial charge in [-0.15, -0.1) is 0 Å². The Morgan fingerprint density at radius 2 is 1.85 bits per heavy atom. The van der Waals surface area contributed by atoms with Gasteiger partial charge in [0.1, 0.15) is 5.75 Å². The Balaban J connectivity index is 1.59. The lowest BCUT2D eigenvalue weighted by Crippen LogP contribution is -2.31. The lowest BCUT2D eigenvalue weighted by molar-refractivity contribution is -0.113. The van der Waals surface area contributed by atoms with Crippen molar-refractivity contribution in [2.45, 2.75) is 26.8 Å². The first kappa shape index (κ1) is 20.8. The average Bonchev–Trinajstić information content (AvgIpc) is 3.17. The molecule has 4 aromatic rings. The Morgan fingerprint density at radius 1 is 1.06 bits per heavy atom. The van der Waals surface area contributed by atoms with E-state index in [-0.39, 0.29) is 11.9 Å². The van der Waals surface area contributed by atoms with Crippen LogP contribution in [0.1, 0.15) is 31.0 Å². The molecule has 6 heteroatoms. The van der Waals surface area contributed by atoms with Gasteiger partial charge in [0.25, 0.3) is 5.91 Å². The Kier molecular flexibility index (Phi) is 5.34. The third-order valence-electron chi connectivity index (χ3n) is 5.86. The van der Waals surface area contributed by atoms with Crippen LogP contribution in [-0.2, 0) is 4.79 Å². The topological polar surface area (TPSA) is 68.2 Å². The van der Waals surface area contributed by atoms with E-state index >= 15 is 0 Å². The number of anilines is 2. The van der Waals surface area contributed by atoms with Crippen LogP contribution in [-0.4, -0.2) is 22.1 Å². The van der Waals surface area contributed by atoms with Gasteiger partial charge in [-0.25, -0.2) is 4.98 Å². The molecule has 2 N–H and O–H groups in total. The number of para-hydroxylation sites is 2. The number of nitrogens with zero attached hydrogens (tertiary/aromatic N) is 2. The fourth-order valence-electron chi connectivity index (χ4n) is 4.41. The van der Waals surface area contributed by atoms with Crippen molar-refractivity contribution in [2.24, 2.45) is 0 Å². The number of amides is 1. The standard InChI is InChI=1S/C27H26N4O2/c1-4-33-21-14-12-20(13-15-21)29-26(32)24-18(3)28-27-30-22-10-5-6-11-23(22)31(27)25(24)19-9-7-8-17(2)16-19/h5-16,25H,4H2,1-3H3,(H,28,30)(H,29,32)/t25-/m0/s1. The van der Waals surface area contributed by atoms with Crippen molar-refractivity contribution >= 4 is 28.6 Å². The van der Waals surface area contributed by atoms with E-state index in [0.717, 1.165) is 39.6 Å². The van der Waals surface area contributed by atoms with E-state index in [1.54, 1.807) is 0 Å². The number of aromatic nitrogens is 2. The van der Waals surface area contributed by atoms with Crippen molar-refractivity contribution in [3.05, 3.63) is 95.2 Å². The van der Waals surface area contributed by atoms with Crippen molar-refractivity contribution < 1.29 is 9.53 Å². The molecule has 0 unspecified atom stereocenters. The van der Waals surface area contributed by atoms with Crippen molar-refractivity contribution in [1.82, 2.24) is 9.55 Å². The monoisotopic (exact) mass is 438 g/mol. The minimum Gasteiger partial charge on any atom is -0.494 e. The maximum Gasteiger partial charge on any atom is 0.255 e. The number of carbonyl (C=O) groups is 1. The molecule has 1 aliphatic rings. The molecule has 0 radical (unpaired) electrons. The summed E-state index contributed by atoms with van der Waals surface area (Å²) in [6.07, 6.45) is 0. The number of rotatable bonds is 5. The number of benzene rings is 3. The summed E-state index contributed by atoms with van der Waals surface area (Å²) in [5.41, 5.74) is 6.20. The van der Waals surface area contributed by atoms with Crippen LogP contribution in [0.4, 0.5) is 11.6 Å². The Labute approximate surface area is 192 Å². The number of allylic oxidation sites excluding steroid dienone is 1. The molecule has 1 aromatic heterocycles. The fourth-order valence-corrected chi connectivity index (χ4v) is 4.41. The number of nitrogens with one attached hydrogen (secondary N) is 2. The molecule has 33 heavy (non-hydrogen) atoms. The lowest BCUT2D eigenvalue weighted by atomic mass is 9.93. The number of fused-ring (bicyclic) bond motifs is 3. The van der Waals surface area contributed by atoms with Gasteiger partial charge in [0.05, 0.1) is 29.3 Å². The predicted octanol–water partition coefficient (Wildman–Crippen LogP) is 5.67. The first-order chi connectivity index (χ1) is 16.0. The second-order valence-corrected chi connectivity index (χ2v) is 8.19. The van der Waals surface area contributed by atoms with Crippen LogP contribution in [0.25, 0.3) is 11.0 Å². The highest BCUT2D eigenvalue weighted by Crippen LogP contribution is 2.39. The number of hydrogen-bond donors (Lipinski definition) is 2. The van der Waals surface area contributed by atoms with Gasteiger partial charge in [-0.05, 0) is 62.7 Å². The summed E-state index contributed by atoms with van der Waals surface area (Å²) < 4.78 is 7.63. The van der Waals surface area contributed by atoms with E-state index < -0.39 is 0 Å². The molecule has 1 amide bonds. The highest BCUT2D eigenvalue weighted by atomic mass is 16.5. The van der Waals surface area contributed by atoms with E-state index in [1.165, 1.54) is 0 Å². The minimum absolute atomic E-state index is 0.154. The van der Waals surface area contributed by atoms with Gasteiger partial charge in [-0.2, -0.15) is 0 Å². The summed E-state index contributed by atoms with van der Waals surface area (Å²) in [6.45, 7) is 6.54. The Morgan fingerprint density at radius 3 is 2.61 bits per heavy atom. The minimum atomic E-state index is -0.309. The van der Waals surface area contributed by atoms with Crippen molar-refractivity contribution in [1.29, 1.82) is 0 Å². The van der Waals surface area contributed by atoms with Gasteiger partial charge >= 0.3 is 0 Å². The SMILES string of the molecule is CCOc1ccc(NC(=O)C2=C(C)Nc3nc4ccccc4n3[C@H]2c2cccc(C)c2)cc1. The van der Waals surface area contributed by atoms with Gasteiger partial charge in [-0.3, -0.25) is 9.36 Å². The summed E-state index contributed by atoms with van der Waals surface area (Å²) in [6, 6.07) is 23.4. The van der Waals surface area contributed by atoms with Crippen LogP contribution < -0.4 is 15.4 Å². The first-order valence-corrected chi connectivity index (χ1v) is 11.1. The van der Waals surface area contributed by atoms with Gasteiger partial charge in [-0.1, -0.05) is 42.0 Å². The fraction of sp³-hybridized carbons (Fsp3) is 0.185. The smallest absolute Gasteiger partial charge is 0.255 e. The van der Waals surface area contributed by atoms with Gasteiger partial charge in [0, 0.05) is 11.4 Å². The molecule has 2 heterocycles. The maximum atomic E-state index is 13.7. The van der Waals surface area contributed by atoms with Crippen LogP contribution in [0.15, 0.2) is 84.1 Å². The van der Waals surface area contributed by atoms with Crippen LogP contribution in [0.3, 0.4) is 0 Å². The molecule has 1 atom stereocenters.